The summed E-state index contributed by atoms with van der Waals surface area (Å²) in [5.41, 5.74) is 0.172. The van der Waals surface area contributed by atoms with Crippen molar-refractivity contribution >= 4 is 16.8 Å². The fourth-order valence-corrected chi connectivity index (χ4v) is 3.26. The molecular formula is C13H16O4S. The van der Waals surface area contributed by atoms with Crippen LogP contribution < -0.4 is 0 Å². The van der Waals surface area contributed by atoms with E-state index in [9.17, 15) is 9.00 Å². The minimum atomic E-state index is -1.20. The van der Waals surface area contributed by atoms with Crippen LogP contribution in [0.4, 0.5) is 0 Å². The van der Waals surface area contributed by atoms with Crippen molar-refractivity contribution in [1.82, 2.24) is 0 Å². The highest BCUT2D eigenvalue weighted by Gasteiger charge is 2.18. The van der Waals surface area contributed by atoms with Gasteiger partial charge in [0, 0.05) is 11.5 Å². The Kier molecular flexibility index (Phi) is 4.49. The molecule has 5 heteroatoms. The molecule has 0 radical (unpaired) electrons. The molecule has 2 unspecified atom stereocenters. The summed E-state index contributed by atoms with van der Waals surface area (Å²) in [7, 11) is -1.20. The van der Waals surface area contributed by atoms with Crippen molar-refractivity contribution < 1.29 is 18.8 Å². The lowest BCUT2D eigenvalue weighted by Crippen LogP contribution is -2.25. The zero-order valence-electron chi connectivity index (χ0n) is 10.0. The Morgan fingerprint density at radius 3 is 2.94 bits per heavy atom. The van der Waals surface area contributed by atoms with Gasteiger partial charge >= 0.3 is 5.97 Å². The highest BCUT2D eigenvalue weighted by atomic mass is 32.2. The van der Waals surface area contributed by atoms with Gasteiger partial charge in [-0.2, -0.15) is 0 Å². The van der Waals surface area contributed by atoms with Crippen molar-refractivity contribution in [2.24, 2.45) is 0 Å². The van der Waals surface area contributed by atoms with Crippen LogP contribution in [0.1, 0.15) is 29.6 Å². The molecule has 0 spiro atoms. The third-order valence-corrected chi connectivity index (χ3v) is 4.41. The molecule has 1 aromatic rings. The topological polar surface area (TPSA) is 63.6 Å². The molecule has 2 rings (SSSR count). The summed E-state index contributed by atoms with van der Waals surface area (Å²) in [5.74, 6) is -0.550. The summed E-state index contributed by atoms with van der Waals surface area (Å²) in [4.78, 5) is 11.4. The number of rotatable bonds is 4. The second-order valence-electron chi connectivity index (χ2n) is 4.33. The van der Waals surface area contributed by atoms with Gasteiger partial charge in [0.1, 0.15) is 0 Å². The molecule has 18 heavy (non-hydrogen) atoms. The molecule has 1 N–H and O–H groups in total. The lowest BCUT2D eigenvalue weighted by molar-refractivity contribution is 0.0310. The summed E-state index contributed by atoms with van der Waals surface area (Å²) < 4.78 is 17.7. The van der Waals surface area contributed by atoms with Crippen molar-refractivity contribution in [2.75, 3.05) is 12.4 Å². The number of carboxylic acids is 1. The molecule has 0 bridgehead atoms. The van der Waals surface area contributed by atoms with Crippen LogP contribution in [0.3, 0.4) is 0 Å². The van der Waals surface area contributed by atoms with E-state index in [0.717, 1.165) is 25.9 Å². The first-order chi connectivity index (χ1) is 8.66. The number of benzene rings is 1. The Morgan fingerprint density at radius 2 is 2.28 bits per heavy atom. The summed E-state index contributed by atoms with van der Waals surface area (Å²) >= 11 is 0. The van der Waals surface area contributed by atoms with E-state index in [4.69, 9.17) is 9.84 Å². The van der Waals surface area contributed by atoms with Crippen molar-refractivity contribution in [1.29, 1.82) is 0 Å². The predicted octanol–water partition coefficient (Wildman–Crippen LogP) is 2.06. The van der Waals surface area contributed by atoms with Gasteiger partial charge < -0.3 is 9.84 Å². The van der Waals surface area contributed by atoms with Gasteiger partial charge in [-0.3, -0.25) is 4.21 Å². The van der Waals surface area contributed by atoms with Crippen LogP contribution in [0.15, 0.2) is 29.2 Å². The number of carbonyl (C=O) groups is 1. The number of hydrogen-bond donors (Lipinski definition) is 1. The van der Waals surface area contributed by atoms with Crippen molar-refractivity contribution in [3.8, 4) is 0 Å². The van der Waals surface area contributed by atoms with Gasteiger partial charge in [0.05, 0.1) is 28.2 Å². The molecular weight excluding hydrogens is 252 g/mol. The van der Waals surface area contributed by atoms with Gasteiger partial charge in [0.2, 0.25) is 0 Å². The predicted molar refractivity (Wildman–Crippen MR) is 68.3 cm³/mol. The largest absolute Gasteiger partial charge is 0.478 e. The number of carboxylic acid groups (broad SMARTS) is 1. The van der Waals surface area contributed by atoms with Crippen LogP contribution in [-0.2, 0) is 15.5 Å². The highest BCUT2D eigenvalue weighted by Crippen LogP contribution is 2.17. The SMILES string of the molecule is O=C(O)c1cccc(S(=O)CC2CCCCO2)c1. The Morgan fingerprint density at radius 1 is 1.44 bits per heavy atom. The Hall–Kier alpha value is -1.20. The van der Waals surface area contributed by atoms with E-state index in [1.807, 2.05) is 0 Å². The van der Waals surface area contributed by atoms with E-state index in [2.05, 4.69) is 0 Å². The summed E-state index contributed by atoms with van der Waals surface area (Å²) in [5, 5.41) is 8.89. The third-order valence-electron chi connectivity index (χ3n) is 2.96. The zero-order valence-corrected chi connectivity index (χ0v) is 10.8. The van der Waals surface area contributed by atoms with E-state index < -0.39 is 16.8 Å². The van der Waals surface area contributed by atoms with Crippen LogP contribution in [0, 0.1) is 0 Å². The molecule has 4 nitrogen and oxygen atoms in total. The van der Waals surface area contributed by atoms with E-state index >= 15 is 0 Å². The second-order valence-corrected chi connectivity index (χ2v) is 5.83. The van der Waals surface area contributed by atoms with Crippen LogP contribution in [0.25, 0.3) is 0 Å². The average Bonchev–Trinajstić information content (AvgIpc) is 2.40. The fraction of sp³-hybridized carbons (Fsp3) is 0.462. The van der Waals surface area contributed by atoms with Gasteiger partial charge in [-0.1, -0.05) is 6.07 Å². The first-order valence-corrected chi connectivity index (χ1v) is 7.32. The lowest BCUT2D eigenvalue weighted by Gasteiger charge is -2.22. The van der Waals surface area contributed by atoms with Crippen LogP contribution >= 0.6 is 0 Å². The molecule has 1 heterocycles. The van der Waals surface area contributed by atoms with Crippen molar-refractivity contribution in [3.05, 3.63) is 29.8 Å². The maximum absolute atomic E-state index is 12.1. The Balaban J connectivity index is 2.03. The van der Waals surface area contributed by atoms with Crippen LogP contribution in [-0.4, -0.2) is 33.7 Å². The van der Waals surface area contributed by atoms with E-state index in [1.54, 1.807) is 12.1 Å². The molecule has 1 aliphatic rings. The van der Waals surface area contributed by atoms with E-state index in [-0.39, 0.29) is 11.7 Å². The molecule has 1 aliphatic heterocycles. The minimum Gasteiger partial charge on any atom is -0.478 e. The molecule has 0 aromatic heterocycles. The van der Waals surface area contributed by atoms with Gasteiger partial charge in [-0.15, -0.1) is 0 Å². The number of ether oxygens (including phenoxy) is 1. The highest BCUT2D eigenvalue weighted by molar-refractivity contribution is 7.85. The Labute approximate surface area is 108 Å². The molecule has 0 aliphatic carbocycles. The smallest absolute Gasteiger partial charge is 0.335 e. The monoisotopic (exact) mass is 268 g/mol. The number of aromatic carboxylic acids is 1. The maximum Gasteiger partial charge on any atom is 0.335 e. The first kappa shape index (κ1) is 13.2. The summed E-state index contributed by atoms with van der Waals surface area (Å²) in [6, 6.07) is 6.30. The van der Waals surface area contributed by atoms with Crippen molar-refractivity contribution in [2.45, 2.75) is 30.3 Å². The lowest BCUT2D eigenvalue weighted by atomic mass is 10.1. The van der Waals surface area contributed by atoms with Gasteiger partial charge in [0.15, 0.2) is 0 Å². The molecule has 1 saturated heterocycles. The van der Waals surface area contributed by atoms with Crippen molar-refractivity contribution in [3.63, 3.8) is 0 Å². The van der Waals surface area contributed by atoms with Crippen LogP contribution in [0.2, 0.25) is 0 Å². The van der Waals surface area contributed by atoms with Gasteiger partial charge in [0.25, 0.3) is 0 Å². The minimum absolute atomic E-state index is 0.0352. The molecule has 0 amide bonds. The third kappa shape index (κ3) is 3.40. The van der Waals surface area contributed by atoms with Crippen LogP contribution in [0.5, 0.6) is 0 Å². The second kappa shape index (κ2) is 6.11. The molecule has 0 saturated carbocycles. The quantitative estimate of drug-likeness (QED) is 0.908. The standard InChI is InChI=1S/C13H16O4S/c14-13(15)10-4-3-6-12(8-10)18(16)9-11-5-1-2-7-17-11/h3-4,6,8,11H,1-2,5,7,9H2,(H,14,15). The molecule has 1 aromatic carbocycles. The summed E-state index contributed by atoms with van der Waals surface area (Å²) in [6.45, 7) is 0.733. The zero-order chi connectivity index (χ0) is 13.0. The summed E-state index contributed by atoms with van der Waals surface area (Å²) in [6.07, 6.45) is 3.15. The molecule has 1 fully saturated rings. The van der Waals surface area contributed by atoms with E-state index in [1.165, 1.54) is 12.1 Å². The molecule has 98 valence electrons. The molecule has 2 atom stereocenters. The average molecular weight is 268 g/mol. The van der Waals surface area contributed by atoms with E-state index in [0.29, 0.717) is 10.6 Å². The Bertz CT molecular complexity index is 452. The fourth-order valence-electron chi connectivity index (χ4n) is 1.97. The maximum atomic E-state index is 12.1. The normalized spacial score (nSPS) is 21.4. The van der Waals surface area contributed by atoms with Gasteiger partial charge in [-0.25, -0.2) is 4.79 Å². The van der Waals surface area contributed by atoms with Gasteiger partial charge in [-0.05, 0) is 37.5 Å². The number of hydrogen-bond acceptors (Lipinski definition) is 3. The first-order valence-electron chi connectivity index (χ1n) is 6.00.